The van der Waals surface area contributed by atoms with E-state index in [1.807, 2.05) is 39.8 Å². The Balaban J connectivity index is 1.96. The molecule has 0 radical (unpaired) electrons. The summed E-state index contributed by atoms with van der Waals surface area (Å²) < 4.78 is 13.7. The lowest BCUT2D eigenvalue weighted by atomic mass is 9.78. The molecule has 1 aromatic heterocycles. The number of hydrogen-bond acceptors (Lipinski definition) is 4. The highest BCUT2D eigenvalue weighted by Crippen LogP contribution is 2.37. The second kappa shape index (κ2) is 5.76. The molecule has 128 valence electrons. The van der Waals surface area contributed by atoms with Crippen LogP contribution in [0, 0.1) is 0 Å². The summed E-state index contributed by atoms with van der Waals surface area (Å²) >= 11 is 6.58. The van der Waals surface area contributed by atoms with Crippen molar-refractivity contribution < 1.29 is 14.1 Å². The van der Waals surface area contributed by atoms with E-state index >= 15 is 0 Å². The van der Waals surface area contributed by atoms with Crippen LogP contribution in [0.15, 0.2) is 18.3 Å². The van der Waals surface area contributed by atoms with Crippen molar-refractivity contribution in [3.05, 3.63) is 23.4 Å². The number of aromatic nitrogens is 2. The van der Waals surface area contributed by atoms with E-state index in [0.717, 1.165) is 16.4 Å². The molecule has 1 aliphatic heterocycles. The van der Waals surface area contributed by atoms with E-state index in [1.165, 1.54) is 0 Å². The number of nitrogens with zero attached hydrogens (tertiary/aromatic N) is 2. The van der Waals surface area contributed by atoms with Gasteiger partial charge < -0.3 is 14.6 Å². The van der Waals surface area contributed by atoms with Crippen LogP contribution in [-0.2, 0) is 20.6 Å². The summed E-state index contributed by atoms with van der Waals surface area (Å²) in [4.78, 5) is 11.5. The topological polar surface area (TPSA) is 65.4 Å². The van der Waals surface area contributed by atoms with E-state index in [9.17, 15) is 4.79 Å². The van der Waals surface area contributed by atoms with Gasteiger partial charge in [0.25, 0.3) is 0 Å². The molecular weight excluding hydrogens is 328 g/mol. The first-order chi connectivity index (χ1) is 11.1. The minimum absolute atomic E-state index is 0.120. The Morgan fingerprint density at radius 1 is 1.29 bits per heavy atom. The highest BCUT2D eigenvalue weighted by molar-refractivity contribution is 6.66. The van der Waals surface area contributed by atoms with Gasteiger partial charge in [-0.15, -0.1) is 0 Å². The fourth-order valence-corrected chi connectivity index (χ4v) is 2.88. The van der Waals surface area contributed by atoms with Crippen molar-refractivity contribution in [3.8, 4) is 0 Å². The minimum Gasteiger partial charge on any atom is -0.399 e. The molecule has 0 aliphatic carbocycles. The quantitative estimate of drug-likeness (QED) is 0.857. The molecule has 1 N–H and O–H groups in total. The van der Waals surface area contributed by atoms with Gasteiger partial charge in [-0.05, 0) is 33.8 Å². The average molecular weight is 350 g/mol. The smallest absolute Gasteiger partial charge is 0.399 e. The van der Waals surface area contributed by atoms with Crippen LogP contribution in [0.3, 0.4) is 0 Å². The number of fused-ring (bicyclic) bond motifs is 1. The van der Waals surface area contributed by atoms with Gasteiger partial charge in [-0.2, -0.15) is 5.10 Å². The first-order valence-electron chi connectivity index (χ1n) is 7.86. The van der Waals surface area contributed by atoms with Crippen LogP contribution in [0.25, 0.3) is 10.9 Å². The molecule has 0 unspecified atom stereocenters. The second-order valence-electron chi connectivity index (χ2n) is 6.99. The monoisotopic (exact) mass is 349 g/mol. The number of carbonyl (C=O) groups excluding carboxylic acids is 1. The summed E-state index contributed by atoms with van der Waals surface area (Å²) in [6.45, 7) is 8.15. The fraction of sp³-hybridized carbons (Fsp3) is 0.500. The number of benzene rings is 1. The zero-order chi connectivity index (χ0) is 17.7. The molecule has 8 heteroatoms. The van der Waals surface area contributed by atoms with Crippen molar-refractivity contribution in [2.75, 3.05) is 7.05 Å². The van der Waals surface area contributed by atoms with Crippen molar-refractivity contribution in [1.82, 2.24) is 15.1 Å². The van der Waals surface area contributed by atoms with Gasteiger partial charge in [-0.1, -0.05) is 17.7 Å². The van der Waals surface area contributed by atoms with Crippen LogP contribution in [0.1, 0.15) is 27.7 Å². The standard InChI is InChI=1S/C16H21BClN3O3/c1-15(2)16(3,4)24-17(23-15)11-6-7-12-10(14(11)18)8-21(20-12)9-13(22)19-5/h6-8H,9H2,1-5H3,(H,19,22). The van der Waals surface area contributed by atoms with Crippen LogP contribution >= 0.6 is 11.6 Å². The van der Waals surface area contributed by atoms with E-state index in [1.54, 1.807) is 17.9 Å². The highest BCUT2D eigenvalue weighted by atomic mass is 35.5. The Hall–Kier alpha value is -1.57. The van der Waals surface area contributed by atoms with Crippen LogP contribution in [0.4, 0.5) is 0 Å². The van der Waals surface area contributed by atoms with E-state index in [-0.39, 0.29) is 12.5 Å². The maximum absolute atomic E-state index is 11.5. The van der Waals surface area contributed by atoms with Crippen LogP contribution in [-0.4, -0.2) is 41.1 Å². The Labute approximate surface area is 146 Å². The third-order valence-electron chi connectivity index (χ3n) is 4.79. The fourth-order valence-electron chi connectivity index (χ4n) is 2.59. The number of nitrogens with one attached hydrogen (secondary N) is 1. The van der Waals surface area contributed by atoms with Crippen molar-refractivity contribution in [1.29, 1.82) is 0 Å². The van der Waals surface area contributed by atoms with Gasteiger partial charge in [0.15, 0.2) is 0 Å². The molecule has 0 atom stereocenters. The molecule has 6 nitrogen and oxygen atoms in total. The maximum atomic E-state index is 11.5. The molecule has 1 fully saturated rings. The lowest BCUT2D eigenvalue weighted by Gasteiger charge is -2.32. The molecule has 0 spiro atoms. The van der Waals surface area contributed by atoms with Gasteiger partial charge in [-0.3, -0.25) is 9.48 Å². The Kier molecular flexibility index (Phi) is 4.14. The number of likely N-dealkylation sites (N-methyl/N-ethyl adjacent to an activating group) is 1. The van der Waals surface area contributed by atoms with Gasteiger partial charge in [0.05, 0.1) is 21.7 Å². The number of halogens is 1. The van der Waals surface area contributed by atoms with Gasteiger partial charge in [0, 0.05) is 24.1 Å². The summed E-state index contributed by atoms with van der Waals surface area (Å²) in [5, 5.41) is 8.26. The molecule has 1 aliphatic rings. The number of hydrogen-bond donors (Lipinski definition) is 1. The molecule has 0 bridgehead atoms. The number of amides is 1. The molecule has 1 amide bonds. The average Bonchev–Trinajstić information content (AvgIpc) is 2.98. The van der Waals surface area contributed by atoms with Crippen LogP contribution in [0.5, 0.6) is 0 Å². The van der Waals surface area contributed by atoms with Crippen molar-refractivity contribution in [3.63, 3.8) is 0 Å². The predicted molar refractivity (Wildman–Crippen MR) is 94.5 cm³/mol. The van der Waals surface area contributed by atoms with Crippen molar-refractivity contribution in [2.45, 2.75) is 45.4 Å². The summed E-state index contributed by atoms with van der Waals surface area (Å²) in [7, 11) is 1.06. The predicted octanol–water partition coefficient (Wildman–Crippen LogP) is 1.73. The highest BCUT2D eigenvalue weighted by Gasteiger charge is 2.52. The molecule has 2 aromatic rings. The molecular formula is C16H21BClN3O3. The molecule has 1 saturated heterocycles. The summed E-state index contributed by atoms with van der Waals surface area (Å²) in [6.07, 6.45) is 1.77. The molecule has 2 heterocycles. The SMILES string of the molecule is CNC(=O)Cn1cc2c(Cl)c(B3OC(C)(C)C(C)(C)O3)ccc2n1. The third kappa shape index (κ3) is 2.81. The van der Waals surface area contributed by atoms with Gasteiger partial charge in [0.2, 0.25) is 5.91 Å². The third-order valence-corrected chi connectivity index (χ3v) is 5.21. The molecule has 3 rings (SSSR count). The lowest BCUT2D eigenvalue weighted by molar-refractivity contribution is -0.121. The van der Waals surface area contributed by atoms with E-state index in [0.29, 0.717) is 5.02 Å². The Morgan fingerprint density at radius 2 is 1.92 bits per heavy atom. The van der Waals surface area contributed by atoms with E-state index in [4.69, 9.17) is 20.9 Å². The minimum atomic E-state index is -0.533. The zero-order valence-corrected chi connectivity index (χ0v) is 15.3. The summed E-state index contributed by atoms with van der Waals surface area (Å²) in [5.41, 5.74) is 0.630. The van der Waals surface area contributed by atoms with Crippen LogP contribution < -0.4 is 10.8 Å². The first-order valence-corrected chi connectivity index (χ1v) is 8.24. The zero-order valence-electron chi connectivity index (χ0n) is 14.5. The van der Waals surface area contributed by atoms with E-state index in [2.05, 4.69) is 10.4 Å². The largest absolute Gasteiger partial charge is 0.496 e. The van der Waals surface area contributed by atoms with Crippen LogP contribution in [0.2, 0.25) is 5.02 Å². The van der Waals surface area contributed by atoms with Gasteiger partial charge >= 0.3 is 7.12 Å². The molecule has 1 aromatic carbocycles. The molecule has 0 saturated carbocycles. The van der Waals surface area contributed by atoms with Crippen molar-refractivity contribution in [2.24, 2.45) is 0 Å². The first kappa shape index (κ1) is 17.3. The maximum Gasteiger partial charge on any atom is 0.496 e. The number of carbonyl (C=O) groups is 1. The van der Waals surface area contributed by atoms with E-state index < -0.39 is 18.3 Å². The van der Waals surface area contributed by atoms with Crippen molar-refractivity contribution >= 4 is 41.0 Å². The summed E-state index contributed by atoms with van der Waals surface area (Å²) in [6, 6.07) is 3.73. The Bertz CT molecular complexity index is 787. The second-order valence-corrected chi connectivity index (χ2v) is 7.37. The normalized spacial score (nSPS) is 19.0. The van der Waals surface area contributed by atoms with Gasteiger partial charge in [0.1, 0.15) is 6.54 Å². The summed E-state index contributed by atoms with van der Waals surface area (Å²) in [5.74, 6) is -0.120. The molecule has 24 heavy (non-hydrogen) atoms. The Morgan fingerprint density at radius 3 is 2.50 bits per heavy atom. The lowest BCUT2D eigenvalue weighted by Crippen LogP contribution is -2.41. The van der Waals surface area contributed by atoms with Gasteiger partial charge in [-0.25, -0.2) is 0 Å². The number of rotatable bonds is 3.